The second-order valence-electron chi connectivity index (χ2n) is 4.93. The Kier molecular flexibility index (Phi) is 4.34. The largest absolute Gasteiger partial charge is 0.366 e. The van der Waals surface area contributed by atoms with E-state index in [-0.39, 0.29) is 5.82 Å². The van der Waals surface area contributed by atoms with Gasteiger partial charge in [0.15, 0.2) is 0 Å². The average Bonchev–Trinajstić information content (AvgIpc) is 2.63. The van der Waals surface area contributed by atoms with Crippen molar-refractivity contribution in [2.75, 3.05) is 11.4 Å². The number of rotatable bonds is 3. The third kappa shape index (κ3) is 2.71. The van der Waals surface area contributed by atoms with Crippen molar-refractivity contribution in [1.82, 2.24) is 0 Å². The second kappa shape index (κ2) is 5.98. The van der Waals surface area contributed by atoms with Gasteiger partial charge in [0, 0.05) is 18.2 Å². The molecule has 1 aliphatic heterocycles. The van der Waals surface area contributed by atoms with Crippen LogP contribution < -0.4 is 4.90 Å². The highest BCUT2D eigenvalue weighted by Gasteiger charge is 2.22. The van der Waals surface area contributed by atoms with Gasteiger partial charge in [-0.2, -0.15) is 0 Å². The number of anilines is 1. The van der Waals surface area contributed by atoms with Crippen LogP contribution in [0.15, 0.2) is 18.2 Å². The molecule has 0 saturated carbocycles. The Morgan fingerprint density at radius 3 is 2.89 bits per heavy atom. The van der Waals surface area contributed by atoms with Gasteiger partial charge in [0.2, 0.25) is 0 Å². The molecule has 1 aromatic carbocycles. The lowest BCUT2D eigenvalue weighted by molar-refractivity contribution is 0.112. The first kappa shape index (κ1) is 13.1. The smallest absolute Gasteiger partial charge is 0.150 e. The Morgan fingerprint density at radius 2 is 2.22 bits per heavy atom. The zero-order valence-corrected chi connectivity index (χ0v) is 10.9. The Balaban J connectivity index is 2.29. The normalized spacial score (nSPS) is 20.6. The number of halogens is 1. The zero-order valence-electron chi connectivity index (χ0n) is 10.9. The van der Waals surface area contributed by atoms with Gasteiger partial charge in [-0.15, -0.1) is 0 Å². The zero-order chi connectivity index (χ0) is 13.0. The van der Waals surface area contributed by atoms with Crippen molar-refractivity contribution in [3.63, 3.8) is 0 Å². The van der Waals surface area contributed by atoms with Crippen LogP contribution in [0.25, 0.3) is 0 Å². The molecule has 0 aromatic heterocycles. The molecule has 1 atom stereocenters. The quantitative estimate of drug-likeness (QED) is 0.759. The van der Waals surface area contributed by atoms with Crippen molar-refractivity contribution >= 4 is 12.0 Å². The van der Waals surface area contributed by atoms with Gasteiger partial charge in [-0.3, -0.25) is 4.79 Å². The molecule has 0 spiro atoms. The van der Waals surface area contributed by atoms with Crippen LogP contribution in [0.4, 0.5) is 10.1 Å². The van der Waals surface area contributed by atoms with Crippen molar-refractivity contribution in [2.24, 2.45) is 0 Å². The highest BCUT2D eigenvalue weighted by molar-refractivity contribution is 5.76. The monoisotopic (exact) mass is 249 g/mol. The van der Waals surface area contributed by atoms with E-state index in [4.69, 9.17) is 0 Å². The maximum atomic E-state index is 14.1. The Morgan fingerprint density at radius 1 is 1.39 bits per heavy atom. The Bertz CT molecular complexity index is 419. The number of benzene rings is 1. The van der Waals surface area contributed by atoms with E-state index in [1.165, 1.54) is 18.9 Å². The molecule has 0 N–H and O–H groups in total. The summed E-state index contributed by atoms with van der Waals surface area (Å²) in [7, 11) is 0. The summed E-state index contributed by atoms with van der Waals surface area (Å²) in [6, 6.07) is 5.19. The minimum Gasteiger partial charge on any atom is -0.366 e. The van der Waals surface area contributed by atoms with E-state index >= 15 is 0 Å². The van der Waals surface area contributed by atoms with Gasteiger partial charge in [-0.25, -0.2) is 4.39 Å². The molecule has 18 heavy (non-hydrogen) atoms. The summed E-state index contributed by atoms with van der Waals surface area (Å²) in [6.45, 7) is 3.07. The molecule has 1 fully saturated rings. The van der Waals surface area contributed by atoms with Crippen LogP contribution in [0, 0.1) is 5.82 Å². The molecule has 0 aliphatic carbocycles. The van der Waals surface area contributed by atoms with Crippen molar-refractivity contribution in [1.29, 1.82) is 0 Å². The molecule has 0 amide bonds. The minimum atomic E-state index is -0.278. The van der Waals surface area contributed by atoms with Gasteiger partial charge in [0.05, 0.1) is 5.69 Å². The standard InChI is InChI=1S/C15H20FNO/c1-2-13-6-4-3-5-9-17(13)15-8-7-12(11-18)10-14(15)16/h7-8,10-11,13H,2-6,9H2,1H3. The highest BCUT2D eigenvalue weighted by atomic mass is 19.1. The lowest BCUT2D eigenvalue weighted by Gasteiger charge is -2.31. The summed E-state index contributed by atoms with van der Waals surface area (Å²) in [4.78, 5) is 12.8. The summed E-state index contributed by atoms with van der Waals surface area (Å²) in [6.07, 6.45) is 6.42. The van der Waals surface area contributed by atoms with E-state index in [2.05, 4.69) is 11.8 Å². The maximum Gasteiger partial charge on any atom is 0.150 e. The fourth-order valence-electron chi connectivity index (χ4n) is 2.75. The van der Waals surface area contributed by atoms with Gasteiger partial charge in [0.25, 0.3) is 0 Å². The third-order valence-corrected chi connectivity index (χ3v) is 3.77. The molecule has 1 aliphatic rings. The number of nitrogens with zero attached hydrogens (tertiary/aromatic N) is 1. The molecular formula is C15H20FNO. The molecule has 98 valence electrons. The first-order valence-corrected chi connectivity index (χ1v) is 6.77. The van der Waals surface area contributed by atoms with Gasteiger partial charge < -0.3 is 4.90 Å². The molecule has 1 heterocycles. The molecule has 2 rings (SSSR count). The summed E-state index contributed by atoms with van der Waals surface area (Å²) in [5.74, 6) is -0.278. The summed E-state index contributed by atoms with van der Waals surface area (Å²) in [5.41, 5.74) is 1.05. The molecule has 0 bridgehead atoms. The third-order valence-electron chi connectivity index (χ3n) is 3.77. The van der Waals surface area contributed by atoms with Crippen LogP contribution in [-0.2, 0) is 0 Å². The van der Waals surface area contributed by atoms with Crippen LogP contribution in [0.2, 0.25) is 0 Å². The van der Waals surface area contributed by atoms with E-state index in [0.717, 1.165) is 25.8 Å². The van der Waals surface area contributed by atoms with E-state index < -0.39 is 0 Å². The van der Waals surface area contributed by atoms with Gasteiger partial charge >= 0.3 is 0 Å². The maximum absolute atomic E-state index is 14.1. The SMILES string of the molecule is CCC1CCCCCN1c1ccc(C=O)cc1F. The lowest BCUT2D eigenvalue weighted by atomic mass is 10.1. The fraction of sp³-hybridized carbons (Fsp3) is 0.533. The molecule has 3 heteroatoms. The van der Waals surface area contributed by atoms with E-state index in [0.29, 0.717) is 23.6 Å². The van der Waals surface area contributed by atoms with Crippen LogP contribution in [0.5, 0.6) is 0 Å². The first-order chi connectivity index (χ1) is 8.76. The molecule has 1 aromatic rings. The number of hydrogen-bond acceptors (Lipinski definition) is 2. The van der Waals surface area contributed by atoms with Crippen LogP contribution in [-0.4, -0.2) is 18.9 Å². The van der Waals surface area contributed by atoms with E-state index in [9.17, 15) is 9.18 Å². The predicted octanol–water partition coefficient (Wildman–Crippen LogP) is 3.80. The Labute approximate surface area is 108 Å². The van der Waals surface area contributed by atoms with Gasteiger partial charge in [0.1, 0.15) is 12.1 Å². The number of hydrogen-bond donors (Lipinski definition) is 0. The van der Waals surface area contributed by atoms with E-state index in [1.807, 2.05) is 0 Å². The number of carbonyl (C=O) groups excluding carboxylic acids is 1. The Hall–Kier alpha value is -1.38. The summed E-state index contributed by atoms with van der Waals surface area (Å²) >= 11 is 0. The highest BCUT2D eigenvalue weighted by Crippen LogP contribution is 2.28. The predicted molar refractivity (Wildman–Crippen MR) is 71.7 cm³/mol. The summed E-state index contributed by atoms with van der Waals surface area (Å²) < 4.78 is 14.1. The number of aldehydes is 1. The van der Waals surface area contributed by atoms with Crippen LogP contribution in [0.3, 0.4) is 0 Å². The second-order valence-corrected chi connectivity index (χ2v) is 4.93. The lowest BCUT2D eigenvalue weighted by Crippen LogP contribution is -2.35. The molecule has 1 saturated heterocycles. The van der Waals surface area contributed by atoms with Gasteiger partial charge in [-0.1, -0.05) is 19.8 Å². The molecule has 0 radical (unpaired) electrons. The first-order valence-electron chi connectivity index (χ1n) is 6.77. The fourth-order valence-corrected chi connectivity index (χ4v) is 2.75. The number of carbonyl (C=O) groups is 1. The van der Waals surface area contributed by atoms with Crippen molar-refractivity contribution in [3.05, 3.63) is 29.6 Å². The minimum absolute atomic E-state index is 0.278. The van der Waals surface area contributed by atoms with E-state index in [1.54, 1.807) is 12.1 Å². The summed E-state index contributed by atoms with van der Waals surface area (Å²) in [5, 5.41) is 0. The molecule has 1 unspecified atom stereocenters. The van der Waals surface area contributed by atoms with Crippen LogP contribution in [0.1, 0.15) is 49.4 Å². The molecule has 2 nitrogen and oxygen atoms in total. The van der Waals surface area contributed by atoms with Crippen molar-refractivity contribution < 1.29 is 9.18 Å². The van der Waals surface area contributed by atoms with Crippen LogP contribution >= 0.6 is 0 Å². The van der Waals surface area contributed by atoms with Crippen molar-refractivity contribution in [3.8, 4) is 0 Å². The average molecular weight is 249 g/mol. The van der Waals surface area contributed by atoms with Gasteiger partial charge in [-0.05, 0) is 37.5 Å². The van der Waals surface area contributed by atoms with Crippen molar-refractivity contribution in [2.45, 2.75) is 45.1 Å². The molecular weight excluding hydrogens is 229 g/mol. The topological polar surface area (TPSA) is 20.3 Å².